The second-order valence-corrected chi connectivity index (χ2v) is 10.8. The molecule has 4 aliphatic rings. The number of hydrogen-bond donors (Lipinski definition) is 2. The molecule has 0 aromatic heterocycles. The number of aliphatic hydroxyl groups excluding tert-OH is 2. The molecule has 8 atom stereocenters. The van der Waals surface area contributed by atoms with Crippen molar-refractivity contribution in [1.82, 2.24) is 0 Å². The molecule has 0 bridgehead atoms. The first-order chi connectivity index (χ1) is 14.5. The third-order valence-electron chi connectivity index (χ3n) is 9.85. The van der Waals surface area contributed by atoms with Crippen LogP contribution in [-0.4, -0.2) is 51.7 Å². The molecule has 0 saturated heterocycles. The number of aliphatic hydroxyl groups is 2. The van der Waals surface area contributed by atoms with E-state index < -0.39 is 52.5 Å². The molecule has 0 aromatic rings. The van der Waals surface area contributed by atoms with Crippen molar-refractivity contribution in [3.63, 3.8) is 0 Å². The van der Waals surface area contributed by atoms with Crippen LogP contribution in [0.4, 0.5) is 4.39 Å². The zero-order chi connectivity index (χ0) is 22.8. The van der Waals surface area contributed by atoms with Crippen molar-refractivity contribution in [2.24, 2.45) is 28.6 Å². The van der Waals surface area contributed by atoms with E-state index in [1.165, 1.54) is 0 Å². The van der Waals surface area contributed by atoms with Crippen LogP contribution >= 0.6 is 0 Å². The van der Waals surface area contributed by atoms with Crippen molar-refractivity contribution >= 4 is 17.5 Å². The summed E-state index contributed by atoms with van der Waals surface area (Å²) in [5, 5.41) is 21.1. The minimum atomic E-state index is -1.85. The highest BCUT2D eigenvalue weighted by Gasteiger charge is 2.76. The maximum atomic E-state index is 17.1. The monoisotopic (exact) mass is 438 g/mol. The Balaban J connectivity index is 1.77. The van der Waals surface area contributed by atoms with E-state index in [0.29, 0.717) is 38.5 Å². The number of hydrogen-bond acceptors (Lipinski definition) is 6. The van der Waals surface area contributed by atoms with Gasteiger partial charge in [-0.3, -0.25) is 14.4 Å². The lowest BCUT2D eigenvalue weighted by Gasteiger charge is -2.65. The second kappa shape index (κ2) is 7.34. The number of ether oxygens (including phenoxy) is 1. The van der Waals surface area contributed by atoms with Crippen LogP contribution in [-0.2, 0) is 19.1 Å². The lowest BCUT2D eigenvalue weighted by Crippen LogP contribution is -2.71. The number of carbonyl (C=O) groups excluding carboxylic acids is 3. The maximum Gasteiger partial charge on any atom is 0.306 e. The van der Waals surface area contributed by atoms with Gasteiger partial charge in [0.15, 0.2) is 5.60 Å². The predicted octanol–water partition coefficient (Wildman–Crippen LogP) is 2.91. The molecule has 0 aliphatic heterocycles. The Morgan fingerprint density at radius 2 is 1.84 bits per heavy atom. The van der Waals surface area contributed by atoms with Crippen molar-refractivity contribution in [3.05, 3.63) is 0 Å². The van der Waals surface area contributed by atoms with Gasteiger partial charge < -0.3 is 14.9 Å². The summed E-state index contributed by atoms with van der Waals surface area (Å²) in [6.07, 6.45) is 1.86. The average Bonchev–Trinajstić information content (AvgIpc) is 3.01. The highest BCUT2D eigenvalue weighted by atomic mass is 19.1. The molecule has 4 aliphatic carbocycles. The van der Waals surface area contributed by atoms with Crippen LogP contribution in [0.1, 0.15) is 78.6 Å². The molecule has 2 N–H and O–H groups in total. The van der Waals surface area contributed by atoms with Gasteiger partial charge in [0.05, 0.1) is 6.10 Å². The summed E-state index contributed by atoms with van der Waals surface area (Å²) in [4.78, 5) is 37.3. The molecule has 174 valence electrons. The first kappa shape index (κ1) is 22.8. The van der Waals surface area contributed by atoms with Crippen molar-refractivity contribution in [2.75, 3.05) is 6.61 Å². The normalized spacial score (nSPS) is 49.0. The van der Waals surface area contributed by atoms with Gasteiger partial charge in [0.2, 0.25) is 5.78 Å². The summed E-state index contributed by atoms with van der Waals surface area (Å²) in [6.45, 7) is 4.59. The Hall–Kier alpha value is -1.34. The van der Waals surface area contributed by atoms with Gasteiger partial charge in [-0.2, -0.15) is 0 Å². The van der Waals surface area contributed by atoms with Crippen LogP contribution in [0.2, 0.25) is 0 Å². The molecule has 4 fully saturated rings. The number of ketones is 2. The summed E-state index contributed by atoms with van der Waals surface area (Å²) in [5.74, 6) is -1.75. The van der Waals surface area contributed by atoms with Gasteiger partial charge in [-0.05, 0) is 56.3 Å². The number of halogens is 1. The third-order valence-corrected chi connectivity index (χ3v) is 9.85. The molecular weight excluding hydrogens is 403 g/mol. The zero-order valence-electron chi connectivity index (χ0n) is 18.8. The van der Waals surface area contributed by atoms with Crippen LogP contribution in [0.15, 0.2) is 0 Å². The highest BCUT2D eigenvalue weighted by Crippen LogP contribution is 2.71. The molecule has 4 rings (SSSR count). The van der Waals surface area contributed by atoms with Gasteiger partial charge in [-0.25, -0.2) is 4.39 Å². The van der Waals surface area contributed by atoms with E-state index in [0.717, 1.165) is 0 Å². The summed E-state index contributed by atoms with van der Waals surface area (Å²) in [7, 11) is 0. The smallest absolute Gasteiger partial charge is 0.306 e. The predicted molar refractivity (Wildman–Crippen MR) is 110 cm³/mol. The van der Waals surface area contributed by atoms with Gasteiger partial charge in [0.1, 0.15) is 18.1 Å². The zero-order valence-corrected chi connectivity index (χ0v) is 18.8. The van der Waals surface area contributed by atoms with Gasteiger partial charge in [-0.1, -0.05) is 20.8 Å². The Morgan fingerprint density at radius 3 is 2.48 bits per heavy atom. The van der Waals surface area contributed by atoms with E-state index in [4.69, 9.17) is 4.74 Å². The molecule has 0 heterocycles. The minimum absolute atomic E-state index is 0.0103. The molecule has 0 unspecified atom stereocenters. The fraction of sp³-hybridized carbons (Fsp3) is 0.875. The molecule has 6 nitrogen and oxygen atoms in total. The van der Waals surface area contributed by atoms with Gasteiger partial charge >= 0.3 is 5.97 Å². The van der Waals surface area contributed by atoms with E-state index in [1.54, 1.807) is 6.92 Å². The summed E-state index contributed by atoms with van der Waals surface area (Å²) >= 11 is 0. The first-order valence-electron chi connectivity index (χ1n) is 11.7. The third kappa shape index (κ3) is 2.78. The van der Waals surface area contributed by atoms with Gasteiger partial charge in [-0.15, -0.1) is 0 Å². The van der Waals surface area contributed by atoms with Crippen LogP contribution in [0.3, 0.4) is 0 Å². The van der Waals surface area contributed by atoms with E-state index in [-0.39, 0.29) is 36.9 Å². The van der Waals surface area contributed by atoms with Crippen LogP contribution in [0.5, 0.6) is 0 Å². The quantitative estimate of drug-likeness (QED) is 0.655. The topological polar surface area (TPSA) is 101 Å². The number of Topliss-reactive ketones (excluding diaryl/α,β-unsaturated/α-hetero) is 2. The lowest BCUT2D eigenvalue weighted by atomic mass is 9.42. The Kier molecular flexibility index (Phi) is 5.41. The maximum absolute atomic E-state index is 17.1. The fourth-order valence-electron chi connectivity index (χ4n) is 8.12. The van der Waals surface area contributed by atoms with Crippen molar-refractivity contribution in [3.8, 4) is 0 Å². The second-order valence-electron chi connectivity index (χ2n) is 10.8. The fourth-order valence-corrected chi connectivity index (χ4v) is 8.12. The molecule has 31 heavy (non-hydrogen) atoms. The highest BCUT2D eigenvalue weighted by molar-refractivity contribution is 5.92. The van der Waals surface area contributed by atoms with Crippen molar-refractivity contribution < 1.29 is 33.7 Å². The SMILES string of the molecule is CCC(=O)O[C@]1(C(=O)CO)CC[C@H]2[C@@H]3CC[C@@H]4CC(=O)CC[C@]4(C)[C@@]3(F)[C@@H](O)C[C@@]21C. The van der Waals surface area contributed by atoms with E-state index in [9.17, 15) is 24.6 Å². The van der Waals surface area contributed by atoms with Crippen LogP contribution < -0.4 is 0 Å². The number of fused-ring (bicyclic) bond motifs is 5. The van der Waals surface area contributed by atoms with Gasteiger partial charge in [0, 0.05) is 30.1 Å². The largest absolute Gasteiger partial charge is 0.450 e. The average molecular weight is 439 g/mol. The summed E-state index contributed by atoms with van der Waals surface area (Å²) in [5.41, 5.74) is -5.14. The number of rotatable bonds is 4. The number of carbonyl (C=O) groups is 3. The van der Waals surface area contributed by atoms with E-state index >= 15 is 4.39 Å². The lowest BCUT2D eigenvalue weighted by molar-refractivity contribution is -0.256. The molecule has 0 radical (unpaired) electrons. The van der Waals surface area contributed by atoms with E-state index in [1.807, 2.05) is 13.8 Å². The number of alkyl halides is 1. The Bertz CT molecular complexity index is 799. The summed E-state index contributed by atoms with van der Waals surface area (Å²) < 4.78 is 22.9. The summed E-state index contributed by atoms with van der Waals surface area (Å²) in [6, 6.07) is 0. The molecule has 0 aromatic carbocycles. The molecular formula is C24H35FO6. The molecule has 0 spiro atoms. The standard InChI is InChI=1S/C24H35FO6/c1-4-20(30)31-23(19(29)13-26)10-8-16-17-6-5-14-11-15(27)7-9-21(14,2)24(17,25)18(28)12-22(16,23)3/h14,16-18,26,28H,4-13H2,1-3H3/t14-,16+,17+,18+,21+,22+,23+,24+/m1/s1. The Morgan fingerprint density at radius 1 is 1.13 bits per heavy atom. The minimum Gasteiger partial charge on any atom is -0.450 e. The molecule has 4 saturated carbocycles. The van der Waals surface area contributed by atoms with Crippen LogP contribution in [0, 0.1) is 28.6 Å². The molecule has 0 amide bonds. The molecule has 7 heteroatoms. The van der Waals surface area contributed by atoms with Crippen molar-refractivity contribution in [1.29, 1.82) is 0 Å². The Labute approximate surface area is 182 Å². The number of esters is 1. The van der Waals surface area contributed by atoms with E-state index in [2.05, 4.69) is 0 Å². The van der Waals surface area contributed by atoms with Crippen LogP contribution in [0.25, 0.3) is 0 Å². The first-order valence-corrected chi connectivity index (χ1v) is 11.7. The van der Waals surface area contributed by atoms with Gasteiger partial charge in [0.25, 0.3) is 0 Å². The van der Waals surface area contributed by atoms with Crippen molar-refractivity contribution in [2.45, 2.75) is 95.9 Å².